The Morgan fingerprint density at radius 1 is 0.900 bits per heavy atom. The molecule has 30 heavy (non-hydrogen) atoms. The quantitative estimate of drug-likeness (QED) is 0.399. The largest absolute Gasteiger partial charge is 0.489 e. The van der Waals surface area contributed by atoms with Crippen molar-refractivity contribution in [1.29, 1.82) is 0 Å². The fourth-order valence-electron chi connectivity index (χ4n) is 3.48. The normalized spacial score (nSPS) is 10.7. The first-order valence-corrected chi connectivity index (χ1v) is 9.87. The van der Waals surface area contributed by atoms with Crippen LogP contribution in [0.2, 0.25) is 0 Å². The molecule has 0 aliphatic heterocycles. The first-order valence-electron chi connectivity index (χ1n) is 9.87. The first-order chi connectivity index (χ1) is 14.6. The maximum atomic E-state index is 11.1. The van der Waals surface area contributed by atoms with E-state index in [0.29, 0.717) is 13.2 Å². The Morgan fingerprint density at radius 3 is 2.40 bits per heavy atom. The molecule has 4 aromatic rings. The predicted octanol–water partition coefficient (Wildman–Crippen LogP) is 6.04. The minimum absolute atomic E-state index is 0.271. The molecule has 0 saturated heterocycles. The Kier molecular flexibility index (Phi) is 5.66. The summed E-state index contributed by atoms with van der Waals surface area (Å²) in [4.78, 5) is 11.1. The standard InChI is InChI=1S/C26H23NO3/c1-18-6-2-3-8-21(18)17-30-25-15-12-19-7-4-5-9-23(19)24(25)16-27-22-13-10-20(11-14-22)26(28)29/h2-15,27H,16-17H2,1H3,(H,28,29). The topological polar surface area (TPSA) is 58.6 Å². The summed E-state index contributed by atoms with van der Waals surface area (Å²) in [6.45, 7) is 3.16. The Labute approximate surface area is 175 Å². The van der Waals surface area contributed by atoms with Gasteiger partial charge in [0.2, 0.25) is 0 Å². The average molecular weight is 397 g/mol. The number of aromatic carboxylic acids is 1. The van der Waals surface area contributed by atoms with E-state index in [1.54, 1.807) is 24.3 Å². The molecule has 0 heterocycles. The summed E-state index contributed by atoms with van der Waals surface area (Å²) in [5.41, 5.74) is 4.57. The number of carboxylic acid groups (broad SMARTS) is 1. The highest BCUT2D eigenvalue weighted by Crippen LogP contribution is 2.30. The van der Waals surface area contributed by atoms with E-state index in [2.05, 4.69) is 42.6 Å². The van der Waals surface area contributed by atoms with E-state index in [9.17, 15) is 4.79 Å². The smallest absolute Gasteiger partial charge is 0.335 e. The van der Waals surface area contributed by atoms with Crippen LogP contribution in [0.3, 0.4) is 0 Å². The van der Waals surface area contributed by atoms with Gasteiger partial charge in [-0.3, -0.25) is 0 Å². The van der Waals surface area contributed by atoms with Crippen LogP contribution in [0.25, 0.3) is 10.8 Å². The van der Waals surface area contributed by atoms with E-state index in [0.717, 1.165) is 33.3 Å². The SMILES string of the molecule is Cc1ccccc1COc1ccc2ccccc2c1CNc1ccc(C(=O)O)cc1. The van der Waals surface area contributed by atoms with E-state index in [1.165, 1.54) is 5.56 Å². The highest BCUT2D eigenvalue weighted by atomic mass is 16.5. The zero-order chi connectivity index (χ0) is 20.9. The van der Waals surface area contributed by atoms with Crippen molar-refractivity contribution in [2.24, 2.45) is 0 Å². The molecule has 0 aliphatic rings. The zero-order valence-corrected chi connectivity index (χ0v) is 16.8. The molecule has 0 bridgehead atoms. The Balaban J connectivity index is 1.60. The van der Waals surface area contributed by atoms with Crippen molar-refractivity contribution >= 4 is 22.4 Å². The molecule has 0 saturated carbocycles. The van der Waals surface area contributed by atoms with Crippen LogP contribution in [0.4, 0.5) is 5.69 Å². The second-order valence-electron chi connectivity index (χ2n) is 7.21. The third-order valence-corrected chi connectivity index (χ3v) is 5.24. The number of fused-ring (bicyclic) bond motifs is 1. The number of hydrogen-bond donors (Lipinski definition) is 2. The lowest BCUT2D eigenvalue weighted by molar-refractivity contribution is 0.0697. The number of nitrogens with one attached hydrogen (secondary N) is 1. The van der Waals surface area contributed by atoms with Crippen molar-refractivity contribution in [2.45, 2.75) is 20.1 Å². The lowest BCUT2D eigenvalue weighted by Crippen LogP contribution is -2.05. The summed E-state index contributed by atoms with van der Waals surface area (Å²) >= 11 is 0. The fourth-order valence-corrected chi connectivity index (χ4v) is 3.48. The first kappa shape index (κ1) is 19.5. The Bertz CT molecular complexity index is 1180. The van der Waals surface area contributed by atoms with Gasteiger partial charge in [0.1, 0.15) is 12.4 Å². The summed E-state index contributed by atoms with van der Waals surface area (Å²) in [7, 11) is 0. The molecule has 4 aromatic carbocycles. The van der Waals surface area contributed by atoms with Crippen LogP contribution >= 0.6 is 0 Å². The van der Waals surface area contributed by atoms with Crippen molar-refractivity contribution in [3.05, 3.63) is 107 Å². The van der Waals surface area contributed by atoms with Gasteiger partial charge in [0.15, 0.2) is 0 Å². The number of benzene rings is 4. The van der Waals surface area contributed by atoms with Crippen molar-refractivity contribution in [3.63, 3.8) is 0 Å². The number of rotatable bonds is 7. The average Bonchev–Trinajstić information content (AvgIpc) is 2.77. The molecule has 4 rings (SSSR count). The molecule has 0 aliphatic carbocycles. The van der Waals surface area contributed by atoms with Gasteiger partial charge in [-0.15, -0.1) is 0 Å². The van der Waals surface area contributed by atoms with Crippen LogP contribution in [0.1, 0.15) is 27.0 Å². The number of anilines is 1. The minimum atomic E-state index is -0.928. The molecule has 2 N–H and O–H groups in total. The molecule has 4 heteroatoms. The number of aryl methyl sites for hydroxylation is 1. The van der Waals surface area contributed by atoms with Crippen molar-refractivity contribution < 1.29 is 14.6 Å². The van der Waals surface area contributed by atoms with Crippen molar-refractivity contribution in [1.82, 2.24) is 0 Å². The molecule has 0 amide bonds. The van der Waals surface area contributed by atoms with Gasteiger partial charge in [0.25, 0.3) is 0 Å². The predicted molar refractivity (Wildman–Crippen MR) is 120 cm³/mol. The molecule has 0 aromatic heterocycles. The van der Waals surface area contributed by atoms with E-state index in [4.69, 9.17) is 9.84 Å². The van der Waals surface area contributed by atoms with Crippen LogP contribution in [0, 0.1) is 6.92 Å². The van der Waals surface area contributed by atoms with Crippen LogP contribution in [0.5, 0.6) is 5.75 Å². The molecule has 4 nitrogen and oxygen atoms in total. The highest BCUT2D eigenvalue weighted by Gasteiger charge is 2.10. The van der Waals surface area contributed by atoms with Gasteiger partial charge in [0, 0.05) is 17.8 Å². The van der Waals surface area contributed by atoms with Crippen LogP contribution in [-0.2, 0) is 13.2 Å². The fraction of sp³-hybridized carbons (Fsp3) is 0.115. The van der Waals surface area contributed by atoms with Gasteiger partial charge < -0.3 is 15.2 Å². The molecule has 150 valence electrons. The van der Waals surface area contributed by atoms with Gasteiger partial charge in [-0.25, -0.2) is 4.79 Å². The molecule has 0 radical (unpaired) electrons. The number of ether oxygens (including phenoxy) is 1. The molecular formula is C26H23NO3. The number of carboxylic acids is 1. The lowest BCUT2D eigenvalue weighted by Gasteiger charge is -2.16. The van der Waals surface area contributed by atoms with Gasteiger partial charge in [-0.1, -0.05) is 54.6 Å². The van der Waals surface area contributed by atoms with Gasteiger partial charge in [0.05, 0.1) is 5.56 Å². The van der Waals surface area contributed by atoms with Gasteiger partial charge >= 0.3 is 5.97 Å². The molecule has 0 spiro atoms. The second-order valence-corrected chi connectivity index (χ2v) is 7.21. The summed E-state index contributed by atoms with van der Waals surface area (Å²) in [5, 5.41) is 14.8. The molecule has 0 fully saturated rings. The summed E-state index contributed by atoms with van der Waals surface area (Å²) < 4.78 is 6.23. The van der Waals surface area contributed by atoms with Crippen LogP contribution in [-0.4, -0.2) is 11.1 Å². The highest BCUT2D eigenvalue weighted by molar-refractivity contribution is 5.89. The molecule has 0 unspecified atom stereocenters. The van der Waals surface area contributed by atoms with Crippen molar-refractivity contribution in [3.8, 4) is 5.75 Å². The van der Waals surface area contributed by atoms with Crippen LogP contribution in [0.15, 0.2) is 84.9 Å². The maximum absolute atomic E-state index is 11.1. The van der Waals surface area contributed by atoms with E-state index < -0.39 is 5.97 Å². The van der Waals surface area contributed by atoms with Crippen molar-refractivity contribution in [2.75, 3.05) is 5.32 Å². The minimum Gasteiger partial charge on any atom is -0.489 e. The van der Waals surface area contributed by atoms with E-state index >= 15 is 0 Å². The third kappa shape index (κ3) is 4.28. The van der Waals surface area contributed by atoms with E-state index in [-0.39, 0.29) is 5.56 Å². The van der Waals surface area contributed by atoms with Gasteiger partial charge in [-0.05, 0) is 59.2 Å². The zero-order valence-electron chi connectivity index (χ0n) is 16.8. The Hall–Kier alpha value is -3.79. The van der Waals surface area contributed by atoms with Crippen LogP contribution < -0.4 is 10.1 Å². The molecular weight excluding hydrogens is 374 g/mol. The summed E-state index contributed by atoms with van der Waals surface area (Å²) in [5.74, 6) is -0.0888. The molecule has 0 atom stereocenters. The maximum Gasteiger partial charge on any atom is 0.335 e. The lowest BCUT2D eigenvalue weighted by atomic mass is 10.0. The second kappa shape index (κ2) is 8.70. The number of hydrogen-bond acceptors (Lipinski definition) is 3. The number of carbonyl (C=O) groups is 1. The summed E-state index contributed by atoms with van der Waals surface area (Å²) in [6, 6.07) is 27.3. The van der Waals surface area contributed by atoms with E-state index in [1.807, 2.05) is 30.3 Å². The monoisotopic (exact) mass is 397 g/mol. The Morgan fingerprint density at radius 2 is 1.63 bits per heavy atom. The summed E-state index contributed by atoms with van der Waals surface area (Å²) in [6.07, 6.45) is 0. The third-order valence-electron chi connectivity index (χ3n) is 5.24. The van der Waals surface area contributed by atoms with Gasteiger partial charge in [-0.2, -0.15) is 0 Å².